The maximum Gasteiger partial charge on any atom is 0.418 e. The van der Waals surface area contributed by atoms with Crippen molar-refractivity contribution >= 4 is 26.3 Å². The van der Waals surface area contributed by atoms with Gasteiger partial charge in [0, 0.05) is 18.7 Å². The summed E-state index contributed by atoms with van der Waals surface area (Å²) in [6.45, 7) is 14.7. The van der Waals surface area contributed by atoms with Crippen LogP contribution >= 0.6 is 7.92 Å². The largest absolute Gasteiger partial charge is 0.499 e. The lowest BCUT2D eigenvalue weighted by Crippen LogP contribution is -2.29. The molecule has 3 N–H and O–H groups in total. The molecule has 0 aliphatic carbocycles. The van der Waals surface area contributed by atoms with Gasteiger partial charge < -0.3 is 20.4 Å². The number of methoxy groups -OCH3 is 1. The van der Waals surface area contributed by atoms with Gasteiger partial charge in [-0.15, -0.1) is 7.92 Å². The third-order valence-corrected chi connectivity index (χ3v) is 6.68. The molecule has 0 atom stereocenters. The Morgan fingerprint density at radius 2 is 1.89 bits per heavy atom. The average molecular weight is 530 g/mol. The van der Waals surface area contributed by atoms with Crippen LogP contribution in [0.25, 0.3) is 0 Å². The Balaban J connectivity index is 3.40. The number of ether oxygens (including phenoxy) is 1. The standard InChI is InChI=1S/C26H43F3N5OP/c1-8-11-12-15-31-25(22-20(26(27,28)29)17-32-24(22)30-4)34-18-33-21(14-13-16-36(6)7)23(35-5)19(9-2)10-3/h13-14,17,19,32-33H,4,8-12,15-16,18H2,1-3,5-7H3,(H,31,34)/b14-13-,23-21-. The molecule has 0 spiro atoms. The van der Waals surface area contributed by atoms with Crippen molar-refractivity contribution in [2.75, 3.05) is 39.8 Å². The Bertz CT molecular complexity index is 887. The van der Waals surface area contributed by atoms with Gasteiger partial charge >= 0.3 is 6.18 Å². The second-order valence-electron chi connectivity index (χ2n) is 8.72. The molecule has 1 aromatic rings. The fraction of sp³-hybridized carbons (Fsp3) is 0.615. The number of hydrogen-bond donors (Lipinski definition) is 3. The number of rotatable bonds is 16. The zero-order chi connectivity index (χ0) is 27.1. The highest BCUT2D eigenvalue weighted by Gasteiger charge is 2.37. The average Bonchev–Trinajstić information content (AvgIpc) is 3.27. The van der Waals surface area contributed by atoms with Crippen molar-refractivity contribution in [3.05, 3.63) is 40.9 Å². The molecule has 0 radical (unpaired) electrons. The number of allylic oxidation sites excluding steroid dienone is 3. The molecule has 0 aromatic carbocycles. The lowest BCUT2D eigenvalue weighted by molar-refractivity contribution is -0.137. The van der Waals surface area contributed by atoms with Gasteiger partial charge in [-0.05, 0) is 51.5 Å². The molecule has 0 unspecified atom stereocenters. The highest BCUT2D eigenvalue weighted by Crippen LogP contribution is 2.36. The lowest BCUT2D eigenvalue weighted by atomic mass is 9.99. The van der Waals surface area contributed by atoms with Crippen molar-refractivity contribution in [3.63, 3.8) is 0 Å². The van der Waals surface area contributed by atoms with Gasteiger partial charge in [-0.3, -0.25) is 0 Å². The second-order valence-corrected chi connectivity index (χ2v) is 11.2. The van der Waals surface area contributed by atoms with E-state index in [1.54, 1.807) is 7.11 Å². The summed E-state index contributed by atoms with van der Waals surface area (Å²) in [6, 6.07) is 0. The van der Waals surface area contributed by atoms with Crippen LogP contribution in [-0.2, 0) is 10.9 Å². The van der Waals surface area contributed by atoms with E-state index < -0.39 is 11.7 Å². The number of alkyl halides is 3. The minimum absolute atomic E-state index is 0.0357. The van der Waals surface area contributed by atoms with Crippen LogP contribution in [0.15, 0.2) is 39.8 Å². The number of H-pyrrole nitrogens is 1. The van der Waals surface area contributed by atoms with Crippen LogP contribution in [0.4, 0.5) is 19.0 Å². The first-order valence-electron chi connectivity index (χ1n) is 12.5. The number of nitrogens with zero attached hydrogens (tertiary/aromatic N) is 2. The van der Waals surface area contributed by atoms with Gasteiger partial charge in [-0.25, -0.2) is 9.98 Å². The summed E-state index contributed by atoms with van der Waals surface area (Å²) in [7, 11) is 1.55. The Kier molecular flexibility index (Phi) is 14.5. The van der Waals surface area contributed by atoms with E-state index in [4.69, 9.17) is 4.74 Å². The molecular weight excluding hydrogens is 486 g/mol. The van der Waals surface area contributed by atoms with Crippen LogP contribution in [0.3, 0.4) is 0 Å². The number of hydrogen-bond acceptors (Lipinski definition) is 4. The van der Waals surface area contributed by atoms with E-state index in [0.717, 1.165) is 55.9 Å². The van der Waals surface area contributed by atoms with Crippen LogP contribution in [0.1, 0.15) is 64.0 Å². The topological polar surface area (TPSA) is 73.8 Å². The van der Waals surface area contributed by atoms with Crippen molar-refractivity contribution in [1.29, 1.82) is 0 Å². The summed E-state index contributed by atoms with van der Waals surface area (Å²) < 4.78 is 47.1. The number of nitrogens with one attached hydrogen (secondary N) is 3. The van der Waals surface area contributed by atoms with Crippen molar-refractivity contribution in [1.82, 2.24) is 15.6 Å². The first-order chi connectivity index (χ1) is 17.1. The maximum absolute atomic E-state index is 13.8. The van der Waals surface area contributed by atoms with E-state index in [1.807, 2.05) is 6.08 Å². The fourth-order valence-corrected chi connectivity index (χ4v) is 4.30. The molecule has 36 heavy (non-hydrogen) atoms. The minimum atomic E-state index is -4.56. The lowest BCUT2D eigenvalue weighted by Gasteiger charge is -2.20. The van der Waals surface area contributed by atoms with E-state index in [9.17, 15) is 13.2 Å². The first kappa shape index (κ1) is 31.7. The van der Waals surface area contributed by atoms with Crippen molar-refractivity contribution in [2.45, 2.75) is 59.1 Å². The molecule has 0 bridgehead atoms. The predicted octanol–water partition coefficient (Wildman–Crippen LogP) is 7.03. The summed E-state index contributed by atoms with van der Waals surface area (Å²) in [5, 5.41) is 6.40. The number of aromatic amines is 1. The van der Waals surface area contributed by atoms with Gasteiger partial charge in [0.25, 0.3) is 0 Å². The molecule has 0 saturated heterocycles. The van der Waals surface area contributed by atoms with Crippen LogP contribution < -0.4 is 10.6 Å². The summed E-state index contributed by atoms with van der Waals surface area (Å²) in [6.07, 6.45) is 6.02. The normalized spacial score (nSPS) is 13.5. The van der Waals surface area contributed by atoms with E-state index in [1.165, 1.54) is 0 Å². The molecule has 1 heterocycles. The highest BCUT2D eigenvalue weighted by molar-refractivity contribution is 7.56. The zero-order valence-corrected chi connectivity index (χ0v) is 23.5. The number of aliphatic imine (C=N–C) groups is 2. The van der Waals surface area contributed by atoms with Crippen molar-refractivity contribution < 1.29 is 17.9 Å². The SMILES string of the molecule is C=Nc1[nH]cc(C(F)(F)F)c1C(=NCNC(/C=C\CP(C)C)=C(\OC)C(CC)CC)NCCCCC. The summed E-state index contributed by atoms with van der Waals surface area (Å²) in [4.78, 5) is 10.9. The predicted molar refractivity (Wildman–Crippen MR) is 148 cm³/mol. The molecule has 0 saturated carbocycles. The second kappa shape index (κ2) is 16.5. The van der Waals surface area contributed by atoms with Crippen LogP contribution in [0.5, 0.6) is 0 Å². The quantitative estimate of drug-likeness (QED) is 0.0537. The maximum atomic E-state index is 13.8. The number of halogens is 3. The van der Waals surface area contributed by atoms with Gasteiger partial charge in [0.2, 0.25) is 0 Å². The van der Waals surface area contributed by atoms with E-state index in [2.05, 4.69) is 72.5 Å². The Hall–Kier alpha value is -2.28. The molecule has 0 aliphatic rings. The van der Waals surface area contributed by atoms with Gasteiger partial charge in [-0.2, -0.15) is 13.2 Å². The third-order valence-electron chi connectivity index (χ3n) is 5.74. The summed E-state index contributed by atoms with van der Waals surface area (Å²) in [5.41, 5.74) is -0.146. The van der Waals surface area contributed by atoms with Crippen LogP contribution in [-0.4, -0.2) is 57.4 Å². The van der Waals surface area contributed by atoms with E-state index >= 15 is 0 Å². The molecule has 1 rings (SSSR count). The third kappa shape index (κ3) is 10.00. The van der Waals surface area contributed by atoms with Gasteiger partial charge in [-0.1, -0.05) is 39.7 Å². The number of unbranched alkanes of at least 4 members (excludes halogenated alkanes) is 2. The molecule has 6 nitrogen and oxygen atoms in total. The monoisotopic (exact) mass is 529 g/mol. The Labute approximate surface area is 215 Å². The molecule has 0 amide bonds. The van der Waals surface area contributed by atoms with Crippen LogP contribution in [0, 0.1) is 5.92 Å². The molecule has 10 heteroatoms. The molecule has 1 aromatic heterocycles. The smallest absolute Gasteiger partial charge is 0.418 e. The summed E-state index contributed by atoms with van der Waals surface area (Å²) >= 11 is 0. The first-order valence-corrected chi connectivity index (χ1v) is 14.9. The van der Waals surface area contributed by atoms with Gasteiger partial charge in [0.15, 0.2) is 0 Å². The van der Waals surface area contributed by atoms with E-state index in [-0.39, 0.29) is 37.7 Å². The van der Waals surface area contributed by atoms with Gasteiger partial charge in [0.05, 0.1) is 23.9 Å². The van der Waals surface area contributed by atoms with E-state index in [0.29, 0.717) is 6.54 Å². The highest BCUT2D eigenvalue weighted by atomic mass is 31.1. The Morgan fingerprint density at radius 3 is 2.42 bits per heavy atom. The summed E-state index contributed by atoms with van der Waals surface area (Å²) in [5.74, 6) is 1.21. The number of amidine groups is 1. The molecular formula is C26H43F3N5OP. The molecule has 0 fully saturated rings. The molecule has 204 valence electrons. The van der Waals surface area contributed by atoms with Crippen LogP contribution in [0.2, 0.25) is 0 Å². The van der Waals surface area contributed by atoms with Crippen molar-refractivity contribution in [3.8, 4) is 0 Å². The fourth-order valence-electron chi connectivity index (χ4n) is 3.77. The minimum Gasteiger partial charge on any atom is -0.499 e. The van der Waals surface area contributed by atoms with Crippen molar-refractivity contribution in [2.24, 2.45) is 15.9 Å². The Morgan fingerprint density at radius 1 is 1.19 bits per heavy atom. The number of aromatic nitrogens is 1. The van der Waals surface area contributed by atoms with Gasteiger partial charge in [0.1, 0.15) is 24.1 Å². The molecule has 0 aliphatic heterocycles. The zero-order valence-electron chi connectivity index (χ0n) is 22.6.